The maximum Gasteiger partial charge on any atom is 0.253 e. The van der Waals surface area contributed by atoms with Crippen LogP contribution in [0, 0.1) is 11.6 Å². The first-order chi connectivity index (χ1) is 9.47. The molecule has 1 amide bonds. The van der Waals surface area contributed by atoms with Crippen molar-refractivity contribution in [3.05, 3.63) is 64.2 Å². The summed E-state index contributed by atoms with van der Waals surface area (Å²) < 4.78 is 26.0. The highest BCUT2D eigenvalue weighted by Crippen LogP contribution is 2.17. The predicted octanol–water partition coefficient (Wildman–Crippen LogP) is 3.13. The number of nitrogen functional groups attached to an aromatic ring is 1. The molecule has 0 saturated heterocycles. The van der Waals surface area contributed by atoms with Gasteiger partial charge in [0.25, 0.3) is 5.91 Å². The van der Waals surface area contributed by atoms with Crippen LogP contribution in [0.25, 0.3) is 0 Å². The van der Waals surface area contributed by atoms with Crippen LogP contribution in [0.5, 0.6) is 0 Å². The number of carbonyl (C=O) groups excluding carboxylic acids is 1. The number of amides is 1. The van der Waals surface area contributed by atoms with Crippen molar-refractivity contribution in [2.24, 2.45) is 0 Å². The highest BCUT2D eigenvalue weighted by molar-refractivity contribution is 6.30. The van der Waals surface area contributed by atoms with E-state index < -0.39 is 17.5 Å². The van der Waals surface area contributed by atoms with Gasteiger partial charge in [0.05, 0.1) is 5.56 Å². The van der Waals surface area contributed by atoms with Crippen molar-refractivity contribution in [2.75, 3.05) is 5.73 Å². The average molecular weight is 297 g/mol. The highest BCUT2D eigenvalue weighted by atomic mass is 35.5. The molecule has 2 rings (SSSR count). The van der Waals surface area contributed by atoms with E-state index in [-0.39, 0.29) is 17.8 Å². The van der Waals surface area contributed by atoms with E-state index in [4.69, 9.17) is 17.3 Å². The minimum atomic E-state index is -1.12. The summed E-state index contributed by atoms with van der Waals surface area (Å²) in [6.45, 7) is 0.206. The molecule has 3 nitrogen and oxygen atoms in total. The van der Waals surface area contributed by atoms with Gasteiger partial charge in [-0.15, -0.1) is 0 Å². The van der Waals surface area contributed by atoms with Gasteiger partial charge >= 0.3 is 0 Å². The molecular weight excluding hydrogens is 286 g/mol. The predicted molar refractivity (Wildman–Crippen MR) is 73.4 cm³/mol. The molecule has 0 bridgehead atoms. The first kappa shape index (κ1) is 14.3. The quantitative estimate of drug-likeness (QED) is 0.855. The highest BCUT2D eigenvalue weighted by Gasteiger charge is 2.14. The van der Waals surface area contributed by atoms with E-state index >= 15 is 0 Å². The molecule has 3 N–H and O–H groups in total. The normalized spacial score (nSPS) is 10.3. The van der Waals surface area contributed by atoms with Crippen LogP contribution in [0.2, 0.25) is 5.02 Å². The molecule has 0 saturated carbocycles. The summed E-state index contributed by atoms with van der Waals surface area (Å²) in [6.07, 6.45) is 0. The van der Waals surface area contributed by atoms with Crippen molar-refractivity contribution in [1.82, 2.24) is 5.32 Å². The zero-order chi connectivity index (χ0) is 14.7. The summed E-state index contributed by atoms with van der Waals surface area (Å²) in [4.78, 5) is 11.9. The summed E-state index contributed by atoms with van der Waals surface area (Å²) in [5.41, 5.74) is 6.06. The standard InChI is InChI=1S/C14H11ClF2N2O/c15-9-3-1-2-8(4-9)7-19-14(20)10-5-11(16)12(17)6-13(10)18/h1-6H,7,18H2,(H,19,20). The lowest BCUT2D eigenvalue weighted by atomic mass is 10.1. The Morgan fingerprint density at radius 1 is 1.20 bits per heavy atom. The molecule has 2 aromatic carbocycles. The van der Waals surface area contributed by atoms with Crippen LogP contribution in [-0.4, -0.2) is 5.91 Å². The van der Waals surface area contributed by atoms with E-state index in [1.807, 2.05) is 0 Å². The van der Waals surface area contributed by atoms with E-state index in [9.17, 15) is 13.6 Å². The molecule has 6 heteroatoms. The van der Waals surface area contributed by atoms with Crippen molar-refractivity contribution in [1.29, 1.82) is 0 Å². The van der Waals surface area contributed by atoms with Gasteiger partial charge in [-0.05, 0) is 23.8 Å². The number of nitrogens with two attached hydrogens (primary N) is 1. The maximum atomic E-state index is 13.1. The molecule has 0 aliphatic rings. The van der Waals surface area contributed by atoms with E-state index in [0.717, 1.165) is 17.7 Å². The van der Waals surface area contributed by atoms with Crippen LogP contribution >= 0.6 is 11.6 Å². The Labute approximate surface area is 119 Å². The summed E-state index contributed by atoms with van der Waals surface area (Å²) in [5.74, 6) is -2.79. The van der Waals surface area contributed by atoms with Crippen molar-refractivity contribution in [2.45, 2.75) is 6.54 Å². The molecule has 0 aromatic heterocycles. The molecule has 0 aliphatic carbocycles. The molecule has 20 heavy (non-hydrogen) atoms. The van der Waals surface area contributed by atoms with Gasteiger partial charge in [-0.25, -0.2) is 8.78 Å². The van der Waals surface area contributed by atoms with Gasteiger partial charge in [-0.1, -0.05) is 23.7 Å². The Kier molecular flexibility index (Phi) is 4.20. The lowest BCUT2D eigenvalue weighted by Crippen LogP contribution is -2.24. The number of benzene rings is 2. The summed E-state index contributed by atoms with van der Waals surface area (Å²) in [5, 5.41) is 3.11. The largest absolute Gasteiger partial charge is 0.398 e. The van der Waals surface area contributed by atoms with Gasteiger partial charge in [-0.3, -0.25) is 4.79 Å². The third-order valence-corrected chi connectivity index (χ3v) is 2.91. The second-order valence-corrected chi connectivity index (χ2v) is 4.60. The minimum absolute atomic E-state index is 0.106. The maximum absolute atomic E-state index is 13.1. The molecular formula is C14H11ClF2N2O. The van der Waals surface area contributed by atoms with Gasteiger partial charge in [0, 0.05) is 23.3 Å². The lowest BCUT2D eigenvalue weighted by Gasteiger charge is -2.08. The molecule has 0 heterocycles. The van der Waals surface area contributed by atoms with Gasteiger partial charge in [0.1, 0.15) is 0 Å². The zero-order valence-electron chi connectivity index (χ0n) is 10.3. The van der Waals surface area contributed by atoms with Gasteiger partial charge in [0.15, 0.2) is 11.6 Å². The number of carbonyl (C=O) groups is 1. The SMILES string of the molecule is Nc1cc(F)c(F)cc1C(=O)NCc1cccc(Cl)c1. The van der Waals surface area contributed by atoms with E-state index in [1.54, 1.807) is 24.3 Å². The van der Waals surface area contributed by atoms with Crippen LogP contribution in [0.3, 0.4) is 0 Å². The van der Waals surface area contributed by atoms with Gasteiger partial charge < -0.3 is 11.1 Å². The molecule has 104 valence electrons. The van der Waals surface area contributed by atoms with Crippen LogP contribution in [-0.2, 0) is 6.54 Å². The van der Waals surface area contributed by atoms with E-state index in [2.05, 4.69) is 5.32 Å². The minimum Gasteiger partial charge on any atom is -0.398 e. The second-order valence-electron chi connectivity index (χ2n) is 4.17. The molecule has 0 aliphatic heterocycles. The number of nitrogens with one attached hydrogen (secondary N) is 1. The molecule has 0 fully saturated rings. The average Bonchev–Trinajstić information content (AvgIpc) is 2.40. The van der Waals surface area contributed by atoms with Gasteiger partial charge in [-0.2, -0.15) is 0 Å². The van der Waals surface area contributed by atoms with Crippen molar-refractivity contribution in [3.63, 3.8) is 0 Å². The second kappa shape index (κ2) is 5.88. The Morgan fingerprint density at radius 2 is 1.90 bits per heavy atom. The van der Waals surface area contributed by atoms with Crippen LogP contribution in [0.15, 0.2) is 36.4 Å². The fourth-order valence-electron chi connectivity index (χ4n) is 1.68. The van der Waals surface area contributed by atoms with Crippen LogP contribution in [0.4, 0.5) is 14.5 Å². The number of hydrogen-bond donors (Lipinski definition) is 2. The molecule has 0 unspecified atom stereocenters. The summed E-state index contributed by atoms with van der Waals surface area (Å²) >= 11 is 5.82. The van der Waals surface area contributed by atoms with Crippen LogP contribution in [0.1, 0.15) is 15.9 Å². The topological polar surface area (TPSA) is 55.1 Å². The number of hydrogen-bond acceptors (Lipinski definition) is 2. The third-order valence-electron chi connectivity index (χ3n) is 2.68. The molecule has 0 atom stereocenters. The summed E-state index contributed by atoms with van der Waals surface area (Å²) in [6, 6.07) is 8.48. The third kappa shape index (κ3) is 3.24. The monoisotopic (exact) mass is 296 g/mol. The first-order valence-electron chi connectivity index (χ1n) is 5.74. The number of anilines is 1. The molecule has 0 spiro atoms. The number of rotatable bonds is 3. The van der Waals surface area contributed by atoms with Crippen LogP contribution < -0.4 is 11.1 Å². The van der Waals surface area contributed by atoms with Crippen molar-refractivity contribution >= 4 is 23.2 Å². The molecule has 0 radical (unpaired) electrons. The zero-order valence-corrected chi connectivity index (χ0v) is 11.0. The Bertz CT molecular complexity index is 662. The van der Waals surface area contributed by atoms with Crippen molar-refractivity contribution < 1.29 is 13.6 Å². The fraction of sp³-hybridized carbons (Fsp3) is 0.0714. The molecule has 2 aromatic rings. The van der Waals surface area contributed by atoms with Gasteiger partial charge in [0.2, 0.25) is 0 Å². The smallest absolute Gasteiger partial charge is 0.253 e. The lowest BCUT2D eigenvalue weighted by molar-refractivity contribution is 0.0951. The fourth-order valence-corrected chi connectivity index (χ4v) is 1.90. The van der Waals surface area contributed by atoms with E-state index in [0.29, 0.717) is 5.02 Å². The Morgan fingerprint density at radius 3 is 2.60 bits per heavy atom. The Hall–Kier alpha value is -2.14. The van der Waals surface area contributed by atoms with Crippen molar-refractivity contribution in [3.8, 4) is 0 Å². The number of halogens is 3. The first-order valence-corrected chi connectivity index (χ1v) is 6.12. The summed E-state index contributed by atoms with van der Waals surface area (Å²) in [7, 11) is 0. The Balaban J connectivity index is 2.11. The van der Waals surface area contributed by atoms with E-state index in [1.165, 1.54) is 0 Å².